The van der Waals surface area contributed by atoms with Crippen LogP contribution in [0.4, 0.5) is 0 Å². The Bertz CT molecular complexity index is 126. The number of unbranched alkanes of at least 4 members (excludes halogenated alkanes) is 9. The number of hydrogen-bond donors (Lipinski definition) is 2. The molecule has 0 rings (SSSR count). The summed E-state index contributed by atoms with van der Waals surface area (Å²) in [5, 5.41) is 16.9. The number of hydrogen-bond acceptors (Lipinski definition) is 3. The predicted octanol–water partition coefficient (Wildman–Crippen LogP) is 3.19. The van der Waals surface area contributed by atoms with Crippen molar-refractivity contribution in [3.8, 4) is 0 Å². The highest BCUT2D eigenvalue weighted by Crippen LogP contribution is 2.10. The van der Waals surface area contributed by atoms with Gasteiger partial charge in [0.1, 0.15) is 0 Å². The number of ether oxygens (including phenoxy) is 1. The van der Waals surface area contributed by atoms with E-state index in [1.54, 1.807) is 0 Å². The average molecular weight is 232 g/mol. The van der Waals surface area contributed by atoms with Crippen molar-refractivity contribution in [3.05, 3.63) is 0 Å². The van der Waals surface area contributed by atoms with E-state index in [-0.39, 0.29) is 0 Å². The van der Waals surface area contributed by atoms with Crippen LogP contribution in [0.1, 0.15) is 71.1 Å². The molecule has 3 nitrogen and oxygen atoms in total. The molecule has 0 atom stereocenters. The summed E-state index contributed by atoms with van der Waals surface area (Å²) in [4.78, 5) is 0. The molecule has 0 unspecified atom stereocenters. The SMILES string of the molecule is CCCCCCCCCCCCOC(O)O. The van der Waals surface area contributed by atoms with Crippen LogP contribution in [-0.2, 0) is 4.74 Å². The highest BCUT2D eigenvalue weighted by molar-refractivity contribution is 4.47. The van der Waals surface area contributed by atoms with Gasteiger partial charge in [-0.15, -0.1) is 0 Å². The van der Waals surface area contributed by atoms with E-state index in [1.165, 1.54) is 51.4 Å². The fraction of sp³-hybridized carbons (Fsp3) is 1.00. The van der Waals surface area contributed by atoms with Crippen molar-refractivity contribution in [2.75, 3.05) is 6.61 Å². The smallest absolute Gasteiger partial charge is 0.266 e. The minimum absolute atomic E-state index is 0.453. The third kappa shape index (κ3) is 13.9. The Morgan fingerprint density at radius 3 is 1.62 bits per heavy atom. The first kappa shape index (κ1) is 15.9. The minimum atomic E-state index is -1.60. The van der Waals surface area contributed by atoms with E-state index in [2.05, 4.69) is 11.7 Å². The van der Waals surface area contributed by atoms with Crippen molar-refractivity contribution in [2.24, 2.45) is 0 Å². The molecule has 0 heterocycles. The molecule has 0 amide bonds. The third-order valence-electron chi connectivity index (χ3n) is 2.76. The first-order valence-electron chi connectivity index (χ1n) is 6.75. The van der Waals surface area contributed by atoms with Gasteiger partial charge in [0.05, 0.1) is 6.61 Å². The highest BCUT2D eigenvalue weighted by atomic mass is 16.7. The van der Waals surface area contributed by atoms with Crippen LogP contribution in [-0.4, -0.2) is 23.3 Å². The van der Waals surface area contributed by atoms with Gasteiger partial charge in [0.25, 0.3) is 6.48 Å². The molecule has 0 fully saturated rings. The maximum Gasteiger partial charge on any atom is 0.266 e. The van der Waals surface area contributed by atoms with Gasteiger partial charge in [-0.25, -0.2) is 0 Å². The Balaban J connectivity index is 2.88. The zero-order chi connectivity index (χ0) is 12.1. The first-order chi connectivity index (χ1) is 7.77. The predicted molar refractivity (Wildman–Crippen MR) is 66.0 cm³/mol. The Hall–Kier alpha value is -0.120. The summed E-state index contributed by atoms with van der Waals surface area (Å²) in [7, 11) is 0. The van der Waals surface area contributed by atoms with Crippen molar-refractivity contribution < 1.29 is 14.9 Å². The van der Waals surface area contributed by atoms with Crippen LogP contribution < -0.4 is 0 Å². The molecule has 0 saturated carbocycles. The molecule has 0 aliphatic rings. The number of aliphatic hydroxyl groups excluding tert-OH is 1. The van der Waals surface area contributed by atoms with E-state index < -0.39 is 6.48 Å². The molecule has 0 aromatic rings. The summed E-state index contributed by atoms with van der Waals surface area (Å²) in [6, 6.07) is 0. The van der Waals surface area contributed by atoms with Crippen LogP contribution >= 0.6 is 0 Å². The summed E-state index contributed by atoms with van der Waals surface area (Å²) in [6.07, 6.45) is 12.8. The Kier molecular flexibility index (Phi) is 12.9. The van der Waals surface area contributed by atoms with Crippen molar-refractivity contribution in [3.63, 3.8) is 0 Å². The van der Waals surface area contributed by atoms with Crippen LogP contribution in [0.15, 0.2) is 0 Å². The van der Waals surface area contributed by atoms with Crippen LogP contribution in [0.5, 0.6) is 0 Å². The van der Waals surface area contributed by atoms with Gasteiger partial charge in [-0.2, -0.15) is 0 Å². The molecule has 0 radical (unpaired) electrons. The maximum absolute atomic E-state index is 8.43. The zero-order valence-electron chi connectivity index (χ0n) is 10.7. The van der Waals surface area contributed by atoms with Crippen LogP contribution in [0.2, 0.25) is 0 Å². The number of aliphatic hydroxyl groups is 2. The van der Waals surface area contributed by atoms with Gasteiger partial charge >= 0.3 is 0 Å². The van der Waals surface area contributed by atoms with E-state index in [0.29, 0.717) is 6.61 Å². The second-order valence-electron chi connectivity index (χ2n) is 4.38. The van der Waals surface area contributed by atoms with Gasteiger partial charge in [-0.3, -0.25) is 0 Å². The summed E-state index contributed by atoms with van der Waals surface area (Å²) < 4.78 is 4.62. The minimum Gasteiger partial charge on any atom is -0.346 e. The molecule has 0 aliphatic carbocycles. The largest absolute Gasteiger partial charge is 0.346 e. The molecular formula is C13H28O3. The summed E-state index contributed by atoms with van der Waals surface area (Å²) >= 11 is 0. The summed E-state index contributed by atoms with van der Waals surface area (Å²) in [5.41, 5.74) is 0. The second kappa shape index (κ2) is 12.9. The molecular weight excluding hydrogens is 204 g/mol. The maximum atomic E-state index is 8.43. The van der Waals surface area contributed by atoms with E-state index in [4.69, 9.17) is 10.2 Å². The lowest BCUT2D eigenvalue weighted by molar-refractivity contribution is -0.234. The van der Waals surface area contributed by atoms with E-state index in [1.807, 2.05) is 0 Å². The fourth-order valence-electron chi connectivity index (χ4n) is 1.78. The standard InChI is InChI=1S/C13H28O3/c1-2-3-4-5-6-7-8-9-10-11-12-16-13(14)15/h13-15H,2-12H2,1H3. The van der Waals surface area contributed by atoms with Crippen molar-refractivity contribution in [1.29, 1.82) is 0 Å². The monoisotopic (exact) mass is 232 g/mol. The number of rotatable bonds is 12. The molecule has 0 aromatic carbocycles. The molecule has 0 saturated heterocycles. The summed E-state index contributed by atoms with van der Waals surface area (Å²) in [5.74, 6) is 0. The Morgan fingerprint density at radius 1 is 0.750 bits per heavy atom. The lowest BCUT2D eigenvalue weighted by atomic mass is 10.1. The molecule has 0 spiro atoms. The van der Waals surface area contributed by atoms with E-state index in [9.17, 15) is 0 Å². The highest BCUT2D eigenvalue weighted by Gasteiger charge is 1.96. The van der Waals surface area contributed by atoms with Gasteiger partial charge in [-0.05, 0) is 6.42 Å². The first-order valence-corrected chi connectivity index (χ1v) is 6.75. The molecule has 3 heteroatoms. The lowest BCUT2D eigenvalue weighted by Crippen LogP contribution is -2.10. The van der Waals surface area contributed by atoms with Gasteiger partial charge in [-0.1, -0.05) is 64.7 Å². The Labute approximate surface area is 99.8 Å². The normalized spacial score (nSPS) is 11.2. The van der Waals surface area contributed by atoms with Crippen molar-refractivity contribution >= 4 is 0 Å². The van der Waals surface area contributed by atoms with Crippen LogP contribution in [0.3, 0.4) is 0 Å². The van der Waals surface area contributed by atoms with Crippen LogP contribution in [0.25, 0.3) is 0 Å². The van der Waals surface area contributed by atoms with Crippen molar-refractivity contribution in [2.45, 2.75) is 77.6 Å². The molecule has 0 aromatic heterocycles. The molecule has 2 N–H and O–H groups in total. The third-order valence-corrected chi connectivity index (χ3v) is 2.76. The zero-order valence-corrected chi connectivity index (χ0v) is 10.7. The Morgan fingerprint density at radius 2 is 1.19 bits per heavy atom. The average Bonchev–Trinajstić information content (AvgIpc) is 2.25. The van der Waals surface area contributed by atoms with E-state index >= 15 is 0 Å². The molecule has 0 aliphatic heterocycles. The lowest BCUT2D eigenvalue weighted by Gasteiger charge is -2.05. The fourth-order valence-corrected chi connectivity index (χ4v) is 1.78. The van der Waals surface area contributed by atoms with Crippen molar-refractivity contribution in [1.82, 2.24) is 0 Å². The van der Waals surface area contributed by atoms with Gasteiger partial charge in [0, 0.05) is 0 Å². The van der Waals surface area contributed by atoms with E-state index in [0.717, 1.165) is 12.8 Å². The topological polar surface area (TPSA) is 49.7 Å². The van der Waals surface area contributed by atoms with Gasteiger partial charge < -0.3 is 14.9 Å². The van der Waals surface area contributed by atoms with Gasteiger partial charge in [0.2, 0.25) is 0 Å². The molecule has 98 valence electrons. The molecule has 16 heavy (non-hydrogen) atoms. The van der Waals surface area contributed by atoms with Crippen LogP contribution in [0, 0.1) is 0 Å². The quantitative estimate of drug-likeness (QED) is 0.401. The second-order valence-corrected chi connectivity index (χ2v) is 4.38. The summed E-state index contributed by atoms with van der Waals surface area (Å²) in [6.45, 7) is 1.10. The van der Waals surface area contributed by atoms with Gasteiger partial charge in [0.15, 0.2) is 0 Å². The molecule has 0 bridgehead atoms.